The molecule has 20 heavy (non-hydrogen) atoms. The lowest BCUT2D eigenvalue weighted by Crippen LogP contribution is -2.28. The number of amides is 1. The molecule has 0 aliphatic heterocycles. The van der Waals surface area contributed by atoms with Gasteiger partial charge >= 0.3 is 0 Å². The molecule has 0 saturated heterocycles. The zero-order valence-corrected chi connectivity index (χ0v) is 11.4. The second-order valence-electron chi connectivity index (χ2n) is 4.27. The van der Waals surface area contributed by atoms with Crippen molar-refractivity contribution in [2.75, 3.05) is 18.4 Å². The van der Waals surface area contributed by atoms with Gasteiger partial charge in [-0.3, -0.25) is 9.78 Å². The summed E-state index contributed by atoms with van der Waals surface area (Å²) in [5.74, 6) is 0.395. The van der Waals surface area contributed by atoms with Crippen LogP contribution in [0.5, 0.6) is 0 Å². The van der Waals surface area contributed by atoms with Gasteiger partial charge in [0, 0.05) is 32.0 Å². The maximum atomic E-state index is 11.9. The van der Waals surface area contributed by atoms with E-state index in [1.807, 2.05) is 10.8 Å². The third-order valence-electron chi connectivity index (χ3n) is 2.64. The number of nitrogens with one attached hydrogen (secondary N) is 2. The number of imidazole rings is 1. The van der Waals surface area contributed by atoms with Gasteiger partial charge in [0.25, 0.3) is 5.91 Å². The number of aromatic nitrogens is 4. The maximum Gasteiger partial charge on any atom is 0.271 e. The van der Waals surface area contributed by atoms with Gasteiger partial charge in [0.2, 0.25) is 0 Å². The normalized spacial score (nSPS) is 10.2. The van der Waals surface area contributed by atoms with E-state index in [1.165, 1.54) is 6.20 Å². The van der Waals surface area contributed by atoms with Crippen LogP contribution < -0.4 is 10.6 Å². The lowest BCUT2D eigenvalue weighted by molar-refractivity contribution is 0.0947. The predicted molar refractivity (Wildman–Crippen MR) is 75.4 cm³/mol. The van der Waals surface area contributed by atoms with Crippen LogP contribution in [0.2, 0.25) is 0 Å². The zero-order valence-electron chi connectivity index (χ0n) is 11.4. The predicted octanol–water partition coefficient (Wildman–Crippen LogP) is 0.925. The number of hydrogen-bond acceptors (Lipinski definition) is 5. The molecule has 2 heterocycles. The first kappa shape index (κ1) is 14.0. The standard InChI is InChI=1S/C13H18N6O/c1-2-3-16-12-9-15-8-11(18-12)13(20)17-5-7-19-6-4-14-10-19/h4,6,8-10H,2-3,5,7H2,1H3,(H,16,18)(H,17,20). The molecule has 0 aliphatic rings. The Bertz CT molecular complexity index is 540. The Kier molecular flexibility index (Phi) is 5.05. The highest BCUT2D eigenvalue weighted by atomic mass is 16.1. The second kappa shape index (κ2) is 7.22. The molecule has 106 valence electrons. The summed E-state index contributed by atoms with van der Waals surface area (Å²) in [5.41, 5.74) is 0.316. The van der Waals surface area contributed by atoms with Gasteiger partial charge in [0.05, 0.1) is 18.7 Å². The Morgan fingerprint density at radius 2 is 2.20 bits per heavy atom. The molecular formula is C13H18N6O. The quantitative estimate of drug-likeness (QED) is 0.784. The van der Waals surface area contributed by atoms with Gasteiger partial charge in [-0.2, -0.15) is 0 Å². The van der Waals surface area contributed by atoms with E-state index >= 15 is 0 Å². The van der Waals surface area contributed by atoms with Crippen LogP contribution in [0, 0.1) is 0 Å². The molecule has 0 spiro atoms. The Morgan fingerprint density at radius 3 is 2.95 bits per heavy atom. The third kappa shape index (κ3) is 4.04. The van der Waals surface area contributed by atoms with E-state index in [9.17, 15) is 4.79 Å². The summed E-state index contributed by atoms with van der Waals surface area (Å²) < 4.78 is 1.89. The fraction of sp³-hybridized carbons (Fsp3) is 0.385. The largest absolute Gasteiger partial charge is 0.369 e. The number of nitrogens with zero attached hydrogens (tertiary/aromatic N) is 4. The van der Waals surface area contributed by atoms with Gasteiger partial charge in [0.15, 0.2) is 0 Å². The SMILES string of the molecule is CCCNc1cncc(C(=O)NCCn2ccnc2)n1. The molecule has 7 heteroatoms. The monoisotopic (exact) mass is 274 g/mol. The highest BCUT2D eigenvalue weighted by Gasteiger charge is 2.08. The molecule has 0 unspecified atom stereocenters. The van der Waals surface area contributed by atoms with E-state index in [0.29, 0.717) is 24.6 Å². The lowest BCUT2D eigenvalue weighted by Gasteiger charge is -2.07. The summed E-state index contributed by atoms with van der Waals surface area (Å²) >= 11 is 0. The first-order chi connectivity index (χ1) is 9.79. The Balaban J connectivity index is 1.85. The van der Waals surface area contributed by atoms with Crippen LogP contribution in [-0.4, -0.2) is 38.5 Å². The van der Waals surface area contributed by atoms with Gasteiger partial charge in [-0.15, -0.1) is 0 Å². The van der Waals surface area contributed by atoms with E-state index in [2.05, 4.69) is 32.5 Å². The van der Waals surface area contributed by atoms with Gasteiger partial charge in [0.1, 0.15) is 11.5 Å². The van der Waals surface area contributed by atoms with E-state index in [1.54, 1.807) is 18.7 Å². The second-order valence-corrected chi connectivity index (χ2v) is 4.27. The lowest BCUT2D eigenvalue weighted by atomic mass is 10.4. The summed E-state index contributed by atoms with van der Waals surface area (Å²) in [6.07, 6.45) is 9.32. The van der Waals surface area contributed by atoms with Crippen LogP contribution in [0.3, 0.4) is 0 Å². The van der Waals surface area contributed by atoms with Crippen LogP contribution in [0.1, 0.15) is 23.8 Å². The topological polar surface area (TPSA) is 84.7 Å². The zero-order chi connectivity index (χ0) is 14.2. The van der Waals surface area contributed by atoms with E-state index in [0.717, 1.165) is 13.0 Å². The van der Waals surface area contributed by atoms with E-state index in [-0.39, 0.29) is 5.91 Å². The minimum atomic E-state index is -0.224. The molecule has 0 aromatic carbocycles. The number of carbonyl (C=O) groups excluding carboxylic acids is 1. The maximum absolute atomic E-state index is 11.9. The molecule has 2 aromatic rings. The summed E-state index contributed by atoms with van der Waals surface area (Å²) in [6, 6.07) is 0. The minimum absolute atomic E-state index is 0.224. The molecule has 0 radical (unpaired) electrons. The molecule has 2 rings (SSSR count). The van der Waals surface area contributed by atoms with Gasteiger partial charge in [-0.1, -0.05) is 6.92 Å². The van der Waals surface area contributed by atoms with Crippen LogP contribution in [0.4, 0.5) is 5.82 Å². The van der Waals surface area contributed by atoms with E-state index in [4.69, 9.17) is 0 Å². The van der Waals surface area contributed by atoms with Crippen molar-refractivity contribution in [1.29, 1.82) is 0 Å². The molecule has 0 bridgehead atoms. The highest BCUT2D eigenvalue weighted by molar-refractivity contribution is 5.92. The van der Waals surface area contributed by atoms with Crippen LogP contribution >= 0.6 is 0 Å². The number of carbonyl (C=O) groups is 1. The van der Waals surface area contributed by atoms with Crippen molar-refractivity contribution in [2.24, 2.45) is 0 Å². The average molecular weight is 274 g/mol. The van der Waals surface area contributed by atoms with E-state index < -0.39 is 0 Å². The Morgan fingerprint density at radius 1 is 1.30 bits per heavy atom. The van der Waals surface area contributed by atoms with Gasteiger partial charge < -0.3 is 15.2 Å². The van der Waals surface area contributed by atoms with Gasteiger partial charge in [-0.25, -0.2) is 9.97 Å². The number of anilines is 1. The summed E-state index contributed by atoms with van der Waals surface area (Å²) in [5, 5.41) is 5.90. The highest BCUT2D eigenvalue weighted by Crippen LogP contribution is 2.02. The molecule has 0 aliphatic carbocycles. The van der Waals surface area contributed by atoms with Crippen molar-refractivity contribution >= 4 is 11.7 Å². The first-order valence-electron chi connectivity index (χ1n) is 6.59. The molecule has 1 amide bonds. The van der Waals surface area contributed by atoms with Crippen molar-refractivity contribution < 1.29 is 4.79 Å². The van der Waals surface area contributed by atoms with Crippen LogP contribution in [0.15, 0.2) is 31.1 Å². The molecule has 0 atom stereocenters. The number of hydrogen-bond donors (Lipinski definition) is 2. The first-order valence-corrected chi connectivity index (χ1v) is 6.59. The molecule has 2 N–H and O–H groups in total. The Hall–Kier alpha value is -2.44. The number of rotatable bonds is 7. The minimum Gasteiger partial charge on any atom is -0.369 e. The smallest absolute Gasteiger partial charge is 0.271 e. The molecule has 0 fully saturated rings. The third-order valence-corrected chi connectivity index (χ3v) is 2.64. The summed E-state index contributed by atoms with van der Waals surface area (Å²) in [6.45, 7) is 4.06. The molecule has 7 nitrogen and oxygen atoms in total. The van der Waals surface area contributed by atoms with Crippen molar-refractivity contribution in [3.63, 3.8) is 0 Å². The fourth-order valence-corrected chi connectivity index (χ4v) is 1.62. The molecule has 2 aromatic heterocycles. The molecule has 0 saturated carbocycles. The summed E-state index contributed by atoms with van der Waals surface area (Å²) in [4.78, 5) is 24.1. The van der Waals surface area contributed by atoms with Crippen molar-refractivity contribution in [3.8, 4) is 0 Å². The van der Waals surface area contributed by atoms with Crippen LogP contribution in [0.25, 0.3) is 0 Å². The van der Waals surface area contributed by atoms with Gasteiger partial charge in [-0.05, 0) is 6.42 Å². The van der Waals surface area contributed by atoms with Crippen molar-refractivity contribution in [2.45, 2.75) is 19.9 Å². The summed E-state index contributed by atoms with van der Waals surface area (Å²) in [7, 11) is 0. The fourth-order valence-electron chi connectivity index (χ4n) is 1.62. The molecular weight excluding hydrogens is 256 g/mol. The van der Waals surface area contributed by atoms with Crippen LogP contribution in [-0.2, 0) is 6.54 Å². The van der Waals surface area contributed by atoms with Crippen molar-refractivity contribution in [1.82, 2.24) is 24.8 Å². The average Bonchev–Trinajstić information content (AvgIpc) is 2.98. The Labute approximate surface area is 117 Å². The van der Waals surface area contributed by atoms with Crippen molar-refractivity contribution in [3.05, 3.63) is 36.8 Å².